The fourth-order valence-corrected chi connectivity index (χ4v) is 2.45. The molecule has 6 nitrogen and oxygen atoms in total. The highest BCUT2D eigenvalue weighted by atomic mass is 16.5. The van der Waals surface area contributed by atoms with Crippen LogP contribution >= 0.6 is 0 Å². The summed E-state index contributed by atoms with van der Waals surface area (Å²) in [5, 5.41) is 2.90. The number of ether oxygens (including phenoxy) is 4. The highest BCUT2D eigenvalue weighted by Crippen LogP contribution is 2.27. The zero-order valence-corrected chi connectivity index (χ0v) is 15.6. The van der Waals surface area contributed by atoms with E-state index in [1.807, 2.05) is 37.3 Å². The van der Waals surface area contributed by atoms with Crippen LogP contribution in [0.2, 0.25) is 0 Å². The molecule has 1 atom stereocenters. The van der Waals surface area contributed by atoms with E-state index in [9.17, 15) is 4.79 Å². The first-order valence-corrected chi connectivity index (χ1v) is 8.40. The van der Waals surface area contributed by atoms with Gasteiger partial charge in [-0.25, -0.2) is 0 Å². The van der Waals surface area contributed by atoms with Gasteiger partial charge in [0.05, 0.1) is 21.3 Å². The number of carbonyl (C=O) groups excluding carboxylic acids is 1. The summed E-state index contributed by atoms with van der Waals surface area (Å²) >= 11 is 0. The number of nitrogens with one attached hydrogen (secondary N) is 1. The van der Waals surface area contributed by atoms with Crippen molar-refractivity contribution in [3.63, 3.8) is 0 Å². The van der Waals surface area contributed by atoms with Crippen molar-refractivity contribution < 1.29 is 23.7 Å². The van der Waals surface area contributed by atoms with E-state index < -0.39 is 6.10 Å². The Kier molecular flexibility index (Phi) is 7.14. The van der Waals surface area contributed by atoms with Crippen LogP contribution in [-0.4, -0.2) is 33.3 Å². The molecule has 2 rings (SSSR count). The molecule has 0 heterocycles. The van der Waals surface area contributed by atoms with Crippen LogP contribution in [0.1, 0.15) is 18.9 Å². The van der Waals surface area contributed by atoms with Crippen LogP contribution in [0.4, 0.5) is 0 Å². The molecule has 0 fully saturated rings. The van der Waals surface area contributed by atoms with Crippen LogP contribution in [0.5, 0.6) is 23.0 Å². The third-order valence-electron chi connectivity index (χ3n) is 3.90. The summed E-state index contributed by atoms with van der Waals surface area (Å²) in [5.74, 6) is 2.37. The topological polar surface area (TPSA) is 66.0 Å². The molecule has 0 radical (unpaired) electrons. The minimum atomic E-state index is -0.581. The zero-order valence-electron chi connectivity index (χ0n) is 15.6. The molecule has 1 unspecified atom stereocenters. The van der Waals surface area contributed by atoms with Gasteiger partial charge in [-0.1, -0.05) is 19.1 Å². The van der Waals surface area contributed by atoms with Crippen LogP contribution < -0.4 is 24.3 Å². The molecule has 26 heavy (non-hydrogen) atoms. The fraction of sp³-hybridized carbons (Fsp3) is 0.350. The molecule has 6 heteroatoms. The molecule has 1 N–H and O–H groups in total. The van der Waals surface area contributed by atoms with Crippen molar-refractivity contribution in [2.75, 3.05) is 21.3 Å². The maximum atomic E-state index is 12.5. The second kappa shape index (κ2) is 9.56. The second-order valence-corrected chi connectivity index (χ2v) is 5.60. The predicted molar refractivity (Wildman–Crippen MR) is 99.1 cm³/mol. The fourth-order valence-electron chi connectivity index (χ4n) is 2.45. The van der Waals surface area contributed by atoms with Gasteiger partial charge in [-0.3, -0.25) is 4.79 Å². The lowest BCUT2D eigenvalue weighted by atomic mass is 10.2. The summed E-state index contributed by atoms with van der Waals surface area (Å²) in [6.45, 7) is 2.28. The van der Waals surface area contributed by atoms with Gasteiger partial charge in [0.15, 0.2) is 17.6 Å². The lowest BCUT2D eigenvalue weighted by molar-refractivity contribution is -0.128. The molecule has 0 spiro atoms. The van der Waals surface area contributed by atoms with Crippen molar-refractivity contribution in [3.8, 4) is 23.0 Å². The summed E-state index contributed by atoms with van der Waals surface area (Å²) in [5.41, 5.74) is 0.909. The van der Waals surface area contributed by atoms with Gasteiger partial charge in [0, 0.05) is 12.6 Å². The maximum Gasteiger partial charge on any atom is 0.261 e. The van der Waals surface area contributed by atoms with Gasteiger partial charge in [-0.05, 0) is 36.2 Å². The summed E-state index contributed by atoms with van der Waals surface area (Å²) in [6.07, 6.45) is -0.0307. The van der Waals surface area contributed by atoms with Crippen molar-refractivity contribution in [2.24, 2.45) is 0 Å². The van der Waals surface area contributed by atoms with Crippen molar-refractivity contribution in [1.82, 2.24) is 5.32 Å². The SMILES string of the molecule is CCC(Oc1cccc(OC)c1)C(=O)NCc1ccc(OC)c(OC)c1. The monoisotopic (exact) mass is 359 g/mol. The Balaban J connectivity index is 1.98. The average molecular weight is 359 g/mol. The minimum absolute atomic E-state index is 0.176. The first kappa shape index (κ1) is 19.4. The van der Waals surface area contributed by atoms with Gasteiger partial charge in [0.2, 0.25) is 0 Å². The summed E-state index contributed by atoms with van der Waals surface area (Å²) < 4.78 is 21.5. The molecule has 1 amide bonds. The predicted octanol–water partition coefficient (Wildman–Crippen LogP) is 3.19. The number of carbonyl (C=O) groups is 1. The molecule has 0 bridgehead atoms. The Hall–Kier alpha value is -2.89. The molecule has 2 aromatic carbocycles. The third-order valence-corrected chi connectivity index (χ3v) is 3.90. The molecule has 2 aromatic rings. The highest BCUT2D eigenvalue weighted by Gasteiger charge is 2.18. The van der Waals surface area contributed by atoms with Crippen LogP contribution in [0.25, 0.3) is 0 Å². The standard InChI is InChI=1S/C20H25NO5/c1-5-17(26-16-8-6-7-15(12-16)23-2)20(22)21-13-14-9-10-18(24-3)19(11-14)25-4/h6-12,17H,5,13H2,1-4H3,(H,21,22). The number of amides is 1. The van der Waals surface area contributed by atoms with Crippen molar-refractivity contribution >= 4 is 5.91 Å². The Bertz CT molecular complexity index is 732. The van der Waals surface area contributed by atoms with Crippen LogP contribution in [0, 0.1) is 0 Å². The van der Waals surface area contributed by atoms with E-state index in [4.69, 9.17) is 18.9 Å². The molecule has 0 saturated heterocycles. The Labute approximate surface area is 154 Å². The van der Waals surface area contributed by atoms with E-state index in [0.717, 1.165) is 5.56 Å². The van der Waals surface area contributed by atoms with Gasteiger partial charge >= 0.3 is 0 Å². The smallest absolute Gasteiger partial charge is 0.261 e. The Morgan fingerprint density at radius 1 is 0.962 bits per heavy atom. The molecule has 0 aliphatic carbocycles. The first-order chi connectivity index (χ1) is 12.6. The quantitative estimate of drug-likeness (QED) is 0.745. The summed E-state index contributed by atoms with van der Waals surface area (Å²) in [6, 6.07) is 12.7. The molecule has 0 saturated carbocycles. The third kappa shape index (κ3) is 5.05. The average Bonchev–Trinajstić information content (AvgIpc) is 2.69. The van der Waals surface area contributed by atoms with E-state index in [-0.39, 0.29) is 5.91 Å². The van der Waals surface area contributed by atoms with Gasteiger partial charge in [-0.15, -0.1) is 0 Å². The summed E-state index contributed by atoms with van der Waals surface area (Å²) in [7, 11) is 4.75. The van der Waals surface area contributed by atoms with Gasteiger partial charge < -0.3 is 24.3 Å². The lowest BCUT2D eigenvalue weighted by Crippen LogP contribution is -2.37. The zero-order chi connectivity index (χ0) is 18.9. The van der Waals surface area contributed by atoms with Gasteiger partial charge in [0.25, 0.3) is 5.91 Å². The molecular weight excluding hydrogens is 334 g/mol. The van der Waals surface area contributed by atoms with E-state index in [2.05, 4.69) is 5.32 Å². The number of methoxy groups -OCH3 is 3. The minimum Gasteiger partial charge on any atom is -0.497 e. The number of hydrogen-bond donors (Lipinski definition) is 1. The Morgan fingerprint density at radius 2 is 1.69 bits per heavy atom. The van der Waals surface area contributed by atoms with Crippen molar-refractivity contribution in [2.45, 2.75) is 26.0 Å². The number of hydrogen-bond acceptors (Lipinski definition) is 5. The van der Waals surface area contributed by atoms with E-state index in [1.54, 1.807) is 33.5 Å². The molecule has 0 aromatic heterocycles. The van der Waals surface area contributed by atoms with E-state index >= 15 is 0 Å². The second-order valence-electron chi connectivity index (χ2n) is 5.60. The van der Waals surface area contributed by atoms with E-state index in [0.29, 0.717) is 36.0 Å². The number of rotatable bonds is 9. The molecule has 0 aliphatic heterocycles. The number of benzene rings is 2. The maximum absolute atomic E-state index is 12.5. The van der Waals surface area contributed by atoms with Crippen molar-refractivity contribution in [1.29, 1.82) is 0 Å². The van der Waals surface area contributed by atoms with Gasteiger partial charge in [-0.2, -0.15) is 0 Å². The van der Waals surface area contributed by atoms with Crippen molar-refractivity contribution in [3.05, 3.63) is 48.0 Å². The first-order valence-electron chi connectivity index (χ1n) is 8.40. The highest BCUT2D eigenvalue weighted by molar-refractivity contribution is 5.81. The van der Waals surface area contributed by atoms with Gasteiger partial charge in [0.1, 0.15) is 11.5 Å². The summed E-state index contributed by atoms with van der Waals surface area (Å²) in [4.78, 5) is 12.5. The lowest BCUT2D eigenvalue weighted by Gasteiger charge is -2.18. The molecule has 0 aliphatic rings. The van der Waals surface area contributed by atoms with Crippen LogP contribution in [0.3, 0.4) is 0 Å². The normalized spacial score (nSPS) is 11.4. The molecule has 140 valence electrons. The largest absolute Gasteiger partial charge is 0.497 e. The van der Waals surface area contributed by atoms with Crippen LogP contribution in [0.15, 0.2) is 42.5 Å². The van der Waals surface area contributed by atoms with E-state index in [1.165, 1.54) is 0 Å². The van der Waals surface area contributed by atoms with Crippen LogP contribution in [-0.2, 0) is 11.3 Å². The molecular formula is C20H25NO5. The Morgan fingerprint density at radius 3 is 2.35 bits per heavy atom.